The number of hydrogen-bond donors (Lipinski definition) is 1. The summed E-state index contributed by atoms with van der Waals surface area (Å²) in [6.45, 7) is 6.04. The molecule has 0 bridgehead atoms. The summed E-state index contributed by atoms with van der Waals surface area (Å²) in [5.41, 5.74) is 5.92. The quantitative estimate of drug-likeness (QED) is 0.669. The molecule has 1 aliphatic rings. The van der Waals surface area contributed by atoms with E-state index in [1.807, 2.05) is 65.9 Å². The van der Waals surface area contributed by atoms with Crippen molar-refractivity contribution in [1.29, 1.82) is 0 Å². The molecule has 0 saturated heterocycles. The Hall–Kier alpha value is -3.48. The standard InChI is InChI=1S/C24H28N4O3/c1-16-7-5-8-20(17(16)2)25-24(29)27-11-6-12-28-19(15-27)14-21(26-28)18-9-10-22(30-3)23(13-18)31-4/h5,7-10,13-14H,6,11-12,15H2,1-4H3,(H,25,29). The molecule has 2 aromatic carbocycles. The van der Waals surface area contributed by atoms with Crippen molar-refractivity contribution in [2.75, 3.05) is 26.1 Å². The van der Waals surface area contributed by atoms with Crippen molar-refractivity contribution in [3.05, 3.63) is 59.3 Å². The van der Waals surface area contributed by atoms with Crippen molar-refractivity contribution in [1.82, 2.24) is 14.7 Å². The SMILES string of the molecule is COc1ccc(-c2cc3n(n2)CCCN(C(=O)Nc2cccc(C)c2C)C3)cc1OC. The van der Waals surface area contributed by atoms with Gasteiger partial charge in [0.25, 0.3) is 0 Å². The molecule has 7 heteroatoms. The lowest BCUT2D eigenvalue weighted by Crippen LogP contribution is -2.34. The maximum atomic E-state index is 13.0. The van der Waals surface area contributed by atoms with E-state index in [2.05, 4.69) is 5.32 Å². The molecule has 1 aromatic heterocycles. The van der Waals surface area contributed by atoms with Crippen molar-refractivity contribution in [2.45, 2.75) is 33.4 Å². The number of amides is 2. The van der Waals surface area contributed by atoms with Gasteiger partial charge in [0.05, 0.1) is 32.2 Å². The van der Waals surface area contributed by atoms with Gasteiger partial charge in [-0.2, -0.15) is 5.10 Å². The van der Waals surface area contributed by atoms with Crippen LogP contribution in [0.2, 0.25) is 0 Å². The third kappa shape index (κ3) is 4.21. The monoisotopic (exact) mass is 420 g/mol. The first-order valence-electron chi connectivity index (χ1n) is 10.4. The number of rotatable bonds is 4. The normalized spacial score (nSPS) is 13.4. The minimum absolute atomic E-state index is 0.0870. The molecule has 4 rings (SSSR count). The lowest BCUT2D eigenvalue weighted by Gasteiger charge is -2.21. The van der Waals surface area contributed by atoms with Gasteiger partial charge in [-0.3, -0.25) is 4.68 Å². The summed E-state index contributed by atoms with van der Waals surface area (Å²) >= 11 is 0. The van der Waals surface area contributed by atoms with Crippen LogP contribution in [0.4, 0.5) is 10.5 Å². The molecule has 7 nitrogen and oxygen atoms in total. The fraction of sp³-hybridized carbons (Fsp3) is 0.333. The summed E-state index contributed by atoms with van der Waals surface area (Å²) < 4.78 is 12.7. The number of aromatic nitrogens is 2. The van der Waals surface area contributed by atoms with Gasteiger partial charge >= 0.3 is 6.03 Å². The highest BCUT2D eigenvalue weighted by molar-refractivity contribution is 5.90. The van der Waals surface area contributed by atoms with Gasteiger partial charge in [-0.25, -0.2) is 4.79 Å². The van der Waals surface area contributed by atoms with E-state index in [-0.39, 0.29) is 6.03 Å². The average Bonchev–Trinajstić information content (AvgIpc) is 3.07. The van der Waals surface area contributed by atoms with Gasteiger partial charge < -0.3 is 19.7 Å². The van der Waals surface area contributed by atoms with Crippen LogP contribution in [0.25, 0.3) is 11.3 Å². The maximum Gasteiger partial charge on any atom is 0.322 e. The van der Waals surface area contributed by atoms with Gasteiger partial charge in [-0.05, 0) is 61.7 Å². The zero-order valence-electron chi connectivity index (χ0n) is 18.4. The summed E-state index contributed by atoms with van der Waals surface area (Å²) in [6, 6.07) is 13.7. The molecule has 162 valence electrons. The smallest absolute Gasteiger partial charge is 0.322 e. The van der Waals surface area contributed by atoms with Crippen LogP contribution in [-0.2, 0) is 13.1 Å². The Morgan fingerprint density at radius 3 is 2.61 bits per heavy atom. The molecule has 0 unspecified atom stereocenters. The van der Waals surface area contributed by atoms with Crippen molar-refractivity contribution >= 4 is 11.7 Å². The molecule has 0 saturated carbocycles. The second-order valence-electron chi connectivity index (χ2n) is 7.77. The molecule has 1 N–H and O–H groups in total. The Morgan fingerprint density at radius 1 is 1.03 bits per heavy atom. The fourth-order valence-corrected chi connectivity index (χ4v) is 3.85. The van der Waals surface area contributed by atoms with Crippen LogP contribution in [0.1, 0.15) is 23.2 Å². The Labute approximate surface area is 182 Å². The van der Waals surface area contributed by atoms with E-state index in [1.54, 1.807) is 14.2 Å². The predicted molar refractivity (Wildman–Crippen MR) is 121 cm³/mol. The molecule has 2 amide bonds. The number of nitrogens with zero attached hydrogens (tertiary/aromatic N) is 3. The van der Waals surface area contributed by atoms with Gasteiger partial charge in [0.15, 0.2) is 11.5 Å². The second-order valence-corrected chi connectivity index (χ2v) is 7.77. The highest BCUT2D eigenvalue weighted by Gasteiger charge is 2.22. The molecule has 0 spiro atoms. The summed E-state index contributed by atoms with van der Waals surface area (Å²) in [5, 5.41) is 7.85. The third-order valence-electron chi connectivity index (χ3n) is 5.83. The minimum Gasteiger partial charge on any atom is -0.493 e. The number of anilines is 1. The molecule has 0 aliphatic carbocycles. The number of benzene rings is 2. The van der Waals surface area contributed by atoms with E-state index >= 15 is 0 Å². The molecule has 1 aliphatic heterocycles. The van der Waals surface area contributed by atoms with Gasteiger partial charge in [0.1, 0.15) is 0 Å². The van der Waals surface area contributed by atoms with Crippen LogP contribution in [-0.4, -0.2) is 41.5 Å². The van der Waals surface area contributed by atoms with Crippen LogP contribution in [0.15, 0.2) is 42.5 Å². The first-order chi connectivity index (χ1) is 15.0. The van der Waals surface area contributed by atoms with Crippen LogP contribution < -0.4 is 14.8 Å². The highest BCUT2D eigenvalue weighted by atomic mass is 16.5. The third-order valence-corrected chi connectivity index (χ3v) is 5.83. The number of ether oxygens (including phenoxy) is 2. The highest BCUT2D eigenvalue weighted by Crippen LogP contribution is 2.32. The fourth-order valence-electron chi connectivity index (χ4n) is 3.85. The average molecular weight is 421 g/mol. The number of aryl methyl sites for hydroxylation is 2. The topological polar surface area (TPSA) is 68.6 Å². The lowest BCUT2D eigenvalue weighted by molar-refractivity contribution is 0.210. The number of methoxy groups -OCH3 is 2. The van der Waals surface area contributed by atoms with Crippen molar-refractivity contribution in [3.8, 4) is 22.8 Å². The van der Waals surface area contributed by atoms with E-state index in [0.717, 1.165) is 46.7 Å². The predicted octanol–water partition coefficient (Wildman–Crippen LogP) is 4.62. The largest absolute Gasteiger partial charge is 0.493 e. The van der Waals surface area contributed by atoms with Crippen LogP contribution in [0, 0.1) is 13.8 Å². The molecule has 0 fully saturated rings. The number of fused-ring (bicyclic) bond motifs is 1. The van der Waals surface area contributed by atoms with Crippen LogP contribution in [0.3, 0.4) is 0 Å². The molecule has 0 atom stereocenters. The number of carbonyl (C=O) groups is 1. The molecule has 2 heterocycles. The Morgan fingerprint density at radius 2 is 1.84 bits per heavy atom. The lowest BCUT2D eigenvalue weighted by atomic mass is 10.1. The van der Waals surface area contributed by atoms with E-state index < -0.39 is 0 Å². The number of nitrogens with one attached hydrogen (secondary N) is 1. The zero-order valence-corrected chi connectivity index (χ0v) is 18.4. The van der Waals surface area contributed by atoms with Gasteiger partial charge in [-0.1, -0.05) is 12.1 Å². The van der Waals surface area contributed by atoms with Gasteiger partial charge in [0.2, 0.25) is 0 Å². The summed E-state index contributed by atoms with van der Waals surface area (Å²) in [6.07, 6.45) is 0.847. The Kier molecular flexibility index (Phi) is 5.84. The number of carbonyl (C=O) groups excluding carboxylic acids is 1. The molecule has 3 aromatic rings. The number of urea groups is 1. The van der Waals surface area contributed by atoms with Gasteiger partial charge in [-0.15, -0.1) is 0 Å². The Bertz CT molecular complexity index is 1110. The van der Waals surface area contributed by atoms with Crippen LogP contribution >= 0.6 is 0 Å². The molecular weight excluding hydrogens is 392 g/mol. The van der Waals surface area contributed by atoms with E-state index in [0.29, 0.717) is 24.6 Å². The van der Waals surface area contributed by atoms with Crippen molar-refractivity contribution in [2.24, 2.45) is 0 Å². The van der Waals surface area contributed by atoms with Crippen LogP contribution in [0.5, 0.6) is 11.5 Å². The molecule has 0 radical (unpaired) electrons. The van der Waals surface area contributed by atoms with Gasteiger partial charge in [0, 0.05) is 24.3 Å². The number of hydrogen-bond acceptors (Lipinski definition) is 4. The summed E-state index contributed by atoms with van der Waals surface area (Å²) in [5.74, 6) is 1.35. The minimum atomic E-state index is -0.0870. The van der Waals surface area contributed by atoms with E-state index in [4.69, 9.17) is 14.6 Å². The van der Waals surface area contributed by atoms with E-state index in [9.17, 15) is 4.79 Å². The van der Waals surface area contributed by atoms with Crippen molar-refractivity contribution in [3.63, 3.8) is 0 Å². The zero-order chi connectivity index (χ0) is 22.0. The summed E-state index contributed by atoms with van der Waals surface area (Å²) in [4.78, 5) is 14.8. The van der Waals surface area contributed by atoms with E-state index in [1.165, 1.54) is 0 Å². The molecular formula is C24H28N4O3. The molecule has 31 heavy (non-hydrogen) atoms. The Balaban J connectivity index is 1.55. The first-order valence-corrected chi connectivity index (χ1v) is 10.4. The second kappa shape index (κ2) is 8.71. The maximum absolute atomic E-state index is 13.0. The van der Waals surface area contributed by atoms with Crippen molar-refractivity contribution < 1.29 is 14.3 Å². The summed E-state index contributed by atoms with van der Waals surface area (Å²) in [7, 11) is 3.24. The first kappa shape index (κ1) is 20.8.